The van der Waals surface area contributed by atoms with Gasteiger partial charge < -0.3 is 15.5 Å². The molecular weight excluding hydrogens is 322 g/mol. The molecule has 5 nitrogen and oxygen atoms in total. The Labute approximate surface area is 146 Å². The minimum Gasteiger partial charge on any atom is -0.352 e. The quantitative estimate of drug-likeness (QED) is 0.819. The standard InChI is InChI=1S/C18H25N3O2S/c22-17(20-13-6-7-13)14-11-19-8-9-21(14)18(23)16-10-12-4-2-1-3-5-15(12)24-16/h10,13-14,19H,1-9,11H2,(H,20,22)/t14-/m0/s1. The number of thiophene rings is 1. The highest BCUT2D eigenvalue weighted by atomic mass is 32.1. The van der Waals surface area contributed by atoms with E-state index in [1.165, 1.54) is 29.7 Å². The SMILES string of the molecule is O=C(NC1CC1)[C@@H]1CNCCN1C(=O)c1cc2c(s1)CCCCC2. The van der Waals surface area contributed by atoms with Gasteiger partial charge in [-0.05, 0) is 50.2 Å². The van der Waals surface area contributed by atoms with Crippen molar-refractivity contribution in [3.63, 3.8) is 0 Å². The number of hydrogen-bond acceptors (Lipinski definition) is 4. The van der Waals surface area contributed by atoms with Crippen LogP contribution in [0.5, 0.6) is 0 Å². The zero-order valence-electron chi connectivity index (χ0n) is 14.0. The predicted molar refractivity (Wildman–Crippen MR) is 94.4 cm³/mol. The van der Waals surface area contributed by atoms with Crippen LogP contribution in [0, 0.1) is 0 Å². The minimum absolute atomic E-state index is 0.00355. The lowest BCUT2D eigenvalue weighted by molar-refractivity contribution is -0.126. The Morgan fingerprint density at radius 3 is 2.88 bits per heavy atom. The van der Waals surface area contributed by atoms with Crippen molar-refractivity contribution in [3.05, 3.63) is 21.4 Å². The molecule has 2 aliphatic carbocycles. The molecule has 6 heteroatoms. The van der Waals surface area contributed by atoms with E-state index in [0.717, 1.165) is 37.1 Å². The summed E-state index contributed by atoms with van der Waals surface area (Å²) in [5.41, 5.74) is 1.36. The van der Waals surface area contributed by atoms with Gasteiger partial charge in [0.2, 0.25) is 5.91 Å². The normalized spacial score (nSPS) is 24.2. The van der Waals surface area contributed by atoms with E-state index < -0.39 is 0 Å². The lowest BCUT2D eigenvalue weighted by Crippen LogP contribution is -2.59. The zero-order chi connectivity index (χ0) is 16.5. The molecule has 1 saturated heterocycles. The van der Waals surface area contributed by atoms with Crippen LogP contribution in [0.1, 0.15) is 52.2 Å². The Bertz CT molecular complexity index is 615. The molecule has 1 aliphatic heterocycles. The van der Waals surface area contributed by atoms with Crippen LogP contribution in [-0.2, 0) is 17.6 Å². The van der Waals surface area contributed by atoms with Gasteiger partial charge in [0.15, 0.2) is 0 Å². The van der Waals surface area contributed by atoms with Crippen molar-refractivity contribution in [1.29, 1.82) is 0 Å². The average molecular weight is 347 g/mol. The van der Waals surface area contributed by atoms with E-state index in [1.807, 2.05) is 0 Å². The summed E-state index contributed by atoms with van der Waals surface area (Å²) in [5.74, 6) is 0.0293. The molecule has 0 radical (unpaired) electrons. The molecule has 2 N–H and O–H groups in total. The van der Waals surface area contributed by atoms with Crippen LogP contribution in [-0.4, -0.2) is 48.4 Å². The molecule has 24 heavy (non-hydrogen) atoms. The third kappa shape index (κ3) is 3.35. The number of nitrogens with zero attached hydrogens (tertiary/aromatic N) is 1. The van der Waals surface area contributed by atoms with Crippen LogP contribution < -0.4 is 10.6 Å². The summed E-state index contributed by atoms with van der Waals surface area (Å²) in [4.78, 5) is 29.5. The summed E-state index contributed by atoms with van der Waals surface area (Å²) in [6, 6.07) is 2.04. The lowest BCUT2D eigenvalue weighted by Gasteiger charge is -2.35. The van der Waals surface area contributed by atoms with Crippen molar-refractivity contribution < 1.29 is 9.59 Å². The Morgan fingerprint density at radius 1 is 1.21 bits per heavy atom. The number of carbonyl (C=O) groups excluding carboxylic acids is 2. The number of rotatable bonds is 3. The van der Waals surface area contributed by atoms with Gasteiger partial charge in [-0.25, -0.2) is 0 Å². The molecule has 2 amide bonds. The first kappa shape index (κ1) is 16.1. The second kappa shape index (κ2) is 6.84. The molecule has 1 saturated carbocycles. The summed E-state index contributed by atoms with van der Waals surface area (Å²) < 4.78 is 0. The number of carbonyl (C=O) groups is 2. The molecular formula is C18H25N3O2S. The first-order valence-electron chi connectivity index (χ1n) is 9.16. The second-order valence-corrected chi connectivity index (χ2v) is 8.26. The van der Waals surface area contributed by atoms with Gasteiger partial charge in [-0.1, -0.05) is 6.42 Å². The molecule has 0 unspecified atom stereocenters. The number of amides is 2. The monoisotopic (exact) mass is 347 g/mol. The number of hydrogen-bond donors (Lipinski definition) is 2. The van der Waals surface area contributed by atoms with E-state index >= 15 is 0 Å². The van der Waals surface area contributed by atoms with Gasteiger partial charge >= 0.3 is 0 Å². The van der Waals surface area contributed by atoms with Crippen molar-refractivity contribution in [2.24, 2.45) is 0 Å². The van der Waals surface area contributed by atoms with Gasteiger partial charge in [-0.2, -0.15) is 0 Å². The topological polar surface area (TPSA) is 61.4 Å². The Hall–Kier alpha value is -1.40. The fourth-order valence-electron chi connectivity index (χ4n) is 3.62. The van der Waals surface area contributed by atoms with E-state index in [9.17, 15) is 9.59 Å². The molecule has 0 aromatic carbocycles. The average Bonchev–Trinajstić information content (AvgIpc) is 3.37. The van der Waals surface area contributed by atoms with Crippen LogP contribution >= 0.6 is 11.3 Å². The molecule has 1 aromatic rings. The van der Waals surface area contributed by atoms with Crippen LogP contribution in [0.2, 0.25) is 0 Å². The Balaban J connectivity index is 1.51. The van der Waals surface area contributed by atoms with E-state index in [0.29, 0.717) is 19.1 Å². The van der Waals surface area contributed by atoms with E-state index in [2.05, 4.69) is 16.7 Å². The Kier molecular flexibility index (Phi) is 4.59. The molecule has 1 atom stereocenters. The third-order valence-corrected chi connectivity index (χ3v) is 6.41. The van der Waals surface area contributed by atoms with E-state index in [1.54, 1.807) is 16.2 Å². The second-order valence-electron chi connectivity index (χ2n) is 7.12. The molecule has 0 spiro atoms. The summed E-state index contributed by atoms with van der Waals surface area (Å²) in [5, 5.41) is 6.30. The van der Waals surface area contributed by atoms with Crippen molar-refractivity contribution in [2.75, 3.05) is 19.6 Å². The fourth-order valence-corrected chi connectivity index (χ4v) is 4.83. The number of aryl methyl sites for hydroxylation is 2. The van der Waals surface area contributed by atoms with Gasteiger partial charge in [0, 0.05) is 30.6 Å². The maximum atomic E-state index is 13.0. The first-order chi connectivity index (χ1) is 11.7. The van der Waals surface area contributed by atoms with E-state index in [-0.39, 0.29) is 17.9 Å². The summed E-state index contributed by atoms with van der Waals surface area (Å²) >= 11 is 1.65. The maximum Gasteiger partial charge on any atom is 0.264 e. The summed E-state index contributed by atoms with van der Waals surface area (Å²) in [6.45, 7) is 1.91. The van der Waals surface area contributed by atoms with Crippen molar-refractivity contribution in [2.45, 2.75) is 57.0 Å². The molecule has 4 rings (SSSR count). The first-order valence-corrected chi connectivity index (χ1v) is 9.97. The molecule has 1 aromatic heterocycles. The Morgan fingerprint density at radius 2 is 2.04 bits per heavy atom. The summed E-state index contributed by atoms with van der Waals surface area (Å²) in [6.07, 6.45) is 8.05. The minimum atomic E-state index is -0.381. The molecule has 2 fully saturated rings. The number of nitrogens with one attached hydrogen (secondary N) is 2. The number of piperazine rings is 1. The molecule has 0 bridgehead atoms. The fraction of sp³-hybridized carbons (Fsp3) is 0.667. The molecule has 2 heterocycles. The van der Waals surface area contributed by atoms with Crippen LogP contribution in [0.25, 0.3) is 0 Å². The summed E-state index contributed by atoms with van der Waals surface area (Å²) in [7, 11) is 0. The van der Waals surface area contributed by atoms with Gasteiger partial charge in [0.1, 0.15) is 6.04 Å². The van der Waals surface area contributed by atoms with Gasteiger partial charge in [0.25, 0.3) is 5.91 Å². The van der Waals surface area contributed by atoms with Crippen LogP contribution in [0.4, 0.5) is 0 Å². The zero-order valence-corrected chi connectivity index (χ0v) is 14.8. The smallest absolute Gasteiger partial charge is 0.264 e. The third-order valence-electron chi connectivity index (χ3n) is 5.19. The largest absolute Gasteiger partial charge is 0.352 e. The van der Waals surface area contributed by atoms with Crippen LogP contribution in [0.3, 0.4) is 0 Å². The van der Waals surface area contributed by atoms with Crippen molar-refractivity contribution in [1.82, 2.24) is 15.5 Å². The molecule has 130 valence electrons. The molecule has 3 aliphatic rings. The van der Waals surface area contributed by atoms with E-state index in [4.69, 9.17) is 0 Å². The van der Waals surface area contributed by atoms with Crippen LogP contribution in [0.15, 0.2) is 6.07 Å². The highest BCUT2D eigenvalue weighted by Crippen LogP contribution is 2.30. The van der Waals surface area contributed by atoms with Crippen molar-refractivity contribution in [3.8, 4) is 0 Å². The highest BCUT2D eigenvalue weighted by Gasteiger charge is 2.36. The lowest BCUT2D eigenvalue weighted by atomic mass is 10.1. The van der Waals surface area contributed by atoms with Crippen molar-refractivity contribution >= 4 is 23.2 Å². The highest BCUT2D eigenvalue weighted by molar-refractivity contribution is 7.14. The van der Waals surface area contributed by atoms with Gasteiger partial charge in [0.05, 0.1) is 4.88 Å². The maximum absolute atomic E-state index is 13.0. The predicted octanol–water partition coefficient (Wildman–Crippen LogP) is 1.71. The number of fused-ring (bicyclic) bond motifs is 1. The van der Waals surface area contributed by atoms with Gasteiger partial charge in [-0.15, -0.1) is 11.3 Å². The van der Waals surface area contributed by atoms with Gasteiger partial charge in [-0.3, -0.25) is 9.59 Å².